The van der Waals surface area contributed by atoms with E-state index in [2.05, 4.69) is 5.32 Å². The summed E-state index contributed by atoms with van der Waals surface area (Å²) >= 11 is 1.40. The lowest BCUT2D eigenvalue weighted by molar-refractivity contribution is -0.180. The number of benzene rings is 1. The van der Waals surface area contributed by atoms with Gasteiger partial charge in [0.15, 0.2) is 0 Å². The van der Waals surface area contributed by atoms with Gasteiger partial charge in [0.05, 0.1) is 5.41 Å². The quantitative estimate of drug-likeness (QED) is 0.273. The number of rotatable bonds is 6. The summed E-state index contributed by atoms with van der Waals surface area (Å²) in [7, 11) is 0. The first-order valence-corrected chi connectivity index (χ1v) is 11.2. The number of amides is 2. The molecule has 1 aromatic rings. The fourth-order valence-corrected chi connectivity index (χ4v) is 5.24. The van der Waals surface area contributed by atoms with Crippen molar-refractivity contribution in [1.82, 2.24) is 10.2 Å². The van der Waals surface area contributed by atoms with Gasteiger partial charge in [0.1, 0.15) is 23.5 Å². The van der Waals surface area contributed by atoms with Crippen molar-refractivity contribution in [3.63, 3.8) is 0 Å². The highest BCUT2D eigenvalue weighted by Gasteiger charge is 2.64. The van der Waals surface area contributed by atoms with Crippen LogP contribution in [-0.4, -0.2) is 57.7 Å². The molecule has 3 N–H and O–H groups in total. The summed E-state index contributed by atoms with van der Waals surface area (Å²) in [5.41, 5.74) is 5.94. The zero-order valence-electron chi connectivity index (χ0n) is 20.2. The van der Waals surface area contributed by atoms with E-state index in [-0.39, 0.29) is 19.7 Å². The molecule has 9 nitrogen and oxygen atoms in total. The van der Waals surface area contributed by atoms with E-state index >= 15 is 0 Å². The molecule has 2 aliphatic rings. The largest absolute Gasteiger partial charge is 1.00 e. The van der Waals surface area contributed by atoms with Crippen molar-refractivity contribution in [2.45, 2.75) is 62.9 Å². The predicted molar refractivity (Wildman–Crippen MR) is 119 cm³/mol. The summed E-state index contributed by atoms with van der Waals surface area (Å²) in [4.78, 5) is 51.4. The molecule has 33 heavy (non-hydrogen) atoms. The second-order valence-corrected chi connectivity index (χ2v) is 11.2. The zero-order valence-corrected chi connectivity index (χ0v) is 20.7. The van der Waals surface area contributed by atoms with Crippen molar-refractivity contribution < 1.29 is 42.5 Å². The Morgan fingerprint density at radius 1 is 1.21 bits per heavy atom. The molecule has 0 bridgehead atoms. The number of hydrogen-bond acceptors (Lipinski definition) is 8. The van der Waals surface area contributed by atoms with Gasteiger partial charge in [-0.1, -0.05) is 30.3 Å². The number of hydrogen-bond donors (Lipinski definition) is 2. The van der Waals surface area contributed by atoms with Crippen LogP contribution in [0.1, 0.15) is 47.7 Å². The zero-order chi connectivity index (χ0) is 23.8. The highest BCUT2D eigenvalue weighted by atomic mass is 35.5. The first kappa shape index (κ1) is 26.9. The van der Waals surface area contributed by atoms with E-state index < -0.39 is 58.3 Å². The number of ether oxygens (including phenoxy) is 2. The van der Waals surface area contributed by atoms with Crippen LogP contribution in [0.3, 0.4) is 0 Å². The predicted octanol–water partition coefficient (Wildman–Crippen LogP) is -1.56. The van der Waals surface area contributed by atoms with E-state index in [1.54, 1.807) is 45.0 Å². The van der Waals surface area contributed by atoms with Gasteiger partial charge in [0.2, 0.25) is 18.6 Å². The average molecular weight is 500 g/mol. The third-order valence-electron chi connectivity index (χ3n) is 5.41. The lowest BCUT2D eigenvalue weighted by Gasteiger charge is -2.44. The van der Waals surface area contributed by atoms with Crippen LogP contribution >= 0.6 is 11.8 Å². The number of carbonyl (C=O) groups excluding carboxylic acids is 4. The molecule has 182 valence electrons. The third kappa shape index (κ3) is 5.44. The summed E-state index contributed by atoms with van der Waals surface area (Å²) in [6, 6.07) is 6.31. The molecule has 0 radical (unpaired) electrons. The van der Waals surface area contributed by atoms with Gasteiger partial charge < -0.3 is 37.8 Å². The lowest BCUT2D eigenvalue weighted by Crippen LogP contribution is -3.00. The van der Waals surface area contributed by atoms with Crippen molar-refractivity contribution in [2.75, 3.05) is 6.79 Å². The summed E-state index contributed by atoms with van der Waals surface area (Å²) in [5.74, 6) is -2.00. The summed E-state index contributed by atoms with van der Waals surface area (Å²) in [6.45, 7) is 8.20. The normalized spacial score (nSPS) is 24.0. The number of fused-ring (bicyclic) bond motifs is 1. The van der Waals surface area contributed by atoms with Crippen LogP contribution in [0.25, 0.3) is 0 Å². The maximum atomic E-state index is 12.8. The van der Waals surface area contributed by atoms with Crippen molar-refractivity contribution >= 4 is 35.5 Å². The Hall–Kier alpha value is -2.30. The van der Waals surface area contributed by atoms with E-state index in [4.69, 9.17) is 15.2 Å². The first-order chi connectivity index (χ1) is 14.8. The molecule has 2 amide bonds. The van der Waals surface area contributed by atoms with Crippen molar-refractivity contribution in [3.05, 3.63) is 35.9 Å². The molecule has 2 heterocycles. The van der Waals surface area contributed by atoms with E-state index in [1.807, 2.05) is 19.9 Å². The molecule has 2 saturated heterocycles. The van der Waals surface area contributed by atoms with Crippen LogP contribution in [0.5, 0.6) is 0 Å². The maximum Gasteiger partial charge on any atom is 1.00 e. The van der Waals surface area contributed by atoms with Gasteiger partial charge in [-0.3, -0.25) is 14.4 Å². The van der Waals surface area contributed by atoms with Crippen molar-refractivity contribution in [2.24, 2.45) is 11.1 Å². The molecule has 0 unspecified atom stereocenters. The van der Waals surface area contributed by atoms with Crippen LogP contribution in [-0.2, 0) is 28.7 Å². The number of thioether (sulfide) groups is 1. The molecule has 3 rings (SSSR count). The van der Waals surface area contributed by atoms with Gasteiger partial charge in [-0.15, -0.1) is 11.8 Å². The van der Waals surface area contributed by atoms with Crippen LogP contribution in [0.2, 0.25) is 0 Å². The van der Waals surface area contributed by atoms with Gasteiger partial charge in [-0.25, -0.2) is 4.79 Å². The third-order valence-corrected chi connectivity index (χ3v) is 6.98. The highest BCUT2D eigenvalue weighted by Crippen LogP contribution is 2.51. The molecule has 2 aliphatic heterocycles. The minimum atomic E-state index is -0.907. The molecule has 11 heteroatoms. The molecule has 0 spiro atoms. The average Bonchev–Trinajstić information content (AvgIpc) is 2.98. The van der Waals surface area contributed by atoms with E-state index in [1.165, 1.54) is 16.7 Å². The smallest absolute Gasteiger partial charge is 1.00 e. The minimum Gasteiger partial charge on any atom is -1.00 e. The number of β-lactam (4-membered cyclic amide) rings is 1. The fraction of sp³-hybridized carbons (Fsp3) is 0.545. The Balaban J connectivity index is 0.00000289. The van der Waals surface area contributed by atoms with Crippen molar-refractivity contribution in [1.29, 1.82) is 0 Å². The number of carbonyl (C=O) groups is 4. The lowest BCUT2D eigenvalue weighted by atomic mass is 9.95. The maximum absolute atomic E-state index is 12.8. The molecule has 0 aliphatic carbocycles. The van der Waals surface area contributed by atoms with Gasteiger partial charge in [0.25, 0.3) is 0 Å². The first-order valence-electron chi connectivity index (χ1n) is 10.3. The second-order valence-electron chi connectivity index (χ2n) is 9.40. The number of nitrogens with zero attached hydrogens (tertiary/aromatic N) is 1. The van der Waals surface area contributed by atoms with Crippen LogP contribution in [0.4, 0.5) is 0 Å². The number of nitrogens with one attached hydrogen (secondary N) is 1. The summed E-state index contributed by atoms with van der Waals surface area (Å²) < 4.78 is 9.47. The van der Waals surface area contributed by atoms with E-state index in [9.17, 15) is 19.2 Å². The monoisotopic (exact) mass is 499 g/mol. The Kier molecular flexibility index (Phi) is 8.09. The van der Waals surface area contributed by atoms with Gasteiger partial charge in [-0.05, 0) is 40.2 Å². The van der Waals surface area contributed by atoms with Gasteiger partial charge >= 0.3 is 13.4 Å². The Labute approximate surface area is 205 Å². The van der Waals surface area contributed by atoms with Crippen LogP contribution in [0.15, 0.2) is 30.3 Å². The van der Waals surface area contributed by atoms with Crippen LogP contribution < -0.4 is 23.5 Å². The molecular weight excluding hydrogens is 470 g/mol. The number of esters is 2. The van der Waals surface area contributed by atoms with Gasteiger partial charge in [-0.2, -0.15) is 0 Å². The number of nitrogens with two attached hydrogens (primary N) is 1. The second kappa shape index (κ2) is 9.90. The highest BCUT2D eigenvalue weighted by molar-refractivity contribution is 8.01. The molecular formula is C22H30ClN3O6S. The summed E-state index contributed by atoms with van der Waals surface area (Å²) in [6.07, 6.45) is 0. The van der Waals surface area contributed by atoms with E-state index in [0.29, 0.717) is 5.56 Å². The SMILES string of the molecule is CC(C)(C)C(=O)OCOC(=O)[C@@H]1N2C(=O)[C@@H](NC(=O)[C@H](N)c3ccccc3)[C@H]2SC1(C)C.[Cl-].[H+]. The van der Waals surface area contributed by atoms with E-state index in [0.717, 1.165) is 0 Å². The molecule has 2 fully saturated rings. The van der Waals surface area contributed by atoms with Gasteiger partial charge in [0, 0.05) is 4.75 Å². The molecule has 0 aromatic heterocycles. The van der Waals surface area contributed by atoms with Crippen molar-refractivity contribution in [3.8, 4) is 0 Å². The summed E-state index contributed by atoms with van der Waals surface area (Å²) in [5, 5.41) is 2.29. The minimum absolute atomic E-state index is 0. The molecule has 4 atom stereocenters. The topological polar surface area (TPSA) is 128 Å². The Morgan fingerprint density at radius 3 is 2.39 bits per heavy atom. The Morgan fingerprint density at radius 2 is 1.82 bits per heavy atom. The number of halogens is 1. The molecule has 0 saturated carbocycles. The standard InChI is InChI=1S/C22H29N3O6S.ClH/c1-21(2,3)20(29)31-11-30-19(28)15-22(4,5)32-18-14(17(27)25(15)18)24-16(26)13(23)12-9-7-6-8-10-12;/h6-10,13-15,18H,11,23H2,1-5H3,(H,24,26);1H/t13-,14-,15+,18-;/m1./s1. The Bertz CT molecular complexity index is 927. The van der Waals surface area contributed by atoms with Crippen LogP contribution in [0, 0.1) is 5.41 Å². The molecule has 1 aromatic carbocycles. The fourth-order valence-electron chi connectivity index (χ4n) is 3.62.